The van der Waals surface area contributed by atoms with Crippen molar-refractivity contribution in [2.75, 3.05) is 27.2 Å². The fraction of sp³-hybridized carbons (Fsp3) is 0.700. The Kier molecular flexibility index (Phi) is 6.59. The van der Waals surface area contributed by atoms with E-state index in [-0.39, 0.29) is 6.10 Å². The number of carbonyl (C=O) groups excluding carboxylic acids is 1. The fourth-order valence-electron chi connectivity index (χ4n) is 0.685. The minimum absolute atomic E-state index is 0.361. The second kappa shape index (κ2) is 7.22. The fourth-order valence-corrected chi connectivity index (χ4v) is 0.685. The summed E-state index contributed by atoms with van der Waals surface area (Å²) in [6, 6.07) is 0. The smallest absolute Gasteiger partial charge is 0.408 e. The number of carbonyl (C=O) groups is 1. The molecule has 0 rings (SSSR count). The molecule has 4 heteroatoms. The van der Waals surface area contributed by atoms with E-state index in [1.54, 1.807) is 6.92 Å². The predicted molar refractivity (Wildman–Crippen MR) is 55.9 cm³/mol. The number of nitrogens with one attached hydrogen (secondary N) is 1. The van der Waals surface area contributed by atoms with E-state index in [2.05, 4.69) is 29.0 Å². The number of alkyl carbamates (subject to hydrolysis) is 1. The molecule has 1 unspecified atom stereocenters. The van der Waals surface area contributed by atoms with Crippen molar-refractivity contribution in [3.05, 3.63) is 0 Å². The number of hydrogen-bond acceptors (Lipinski definition) is 3. The topological polar surface area (TPSA) is 41.6 Å². The third-order valence-electron chi connectivity index (χ3n) is 1.68. The summed E-state index contributed by atoms with van der Waals surface area (Å²) in [5.41, 5.74) is 0. The SMILES string of the molecule is CCN(C)CC#CC(C)OC(=O)NC. The lowest BCUT2D eigenvalue weighted by Gasteiger charge is -2.08. The molecule has 0 aromatic carbocycles. The van der Waals surface area contributed by atoms with Crippen molar-refractivity contribution < 1.29 is 9.53 Å². The molecule has 0 bridgehead atoms. The molecule has 1 amide bonds. The van der Waals surface area contributed by atoms with Gasteiger partial charge in [-0.25, -0.2) is 4.79 Å². The third-order valence-corrected chi connectivity index (χ3v) is 1.68. The number of ether oxygens (including phenoxy) is 1. The summed E-state index contributed by atoms with van der Waals surface area (Å²) in [7, 11) is 3.51. The zero-order valence-electron chi connectivity index (χ0n) is 9.26. The molecule has 0 saturated carbocycles. The van der Waals surface area contributed by atoms with Crippen LogP contribution in [0.2, 0.25) is 0 Å². The Hall–Kier alpha value is -1.21. The lowest BCUT2D eigenvalue weighted by Crippen LogP contribution is -2.23. The summed E-state index contributed by atoms with van der Waals surface area (Å²) >= 11 is 0. The van der Waals surface area contributed by atoms with Gasteiger partial charge in [0.1, 0.15) is 0 Å². The van der Waals surface area contributed by atoms with Gasteiger partial charge in [0.15, 0.2) is 6.10 Å². The first-order valence-electron chi connectivity index (χ1n) is 4.65. The monoisotopic (exact) mass is 198 g/mol. The Morgan fingerprint density at radius 3 is 2.79 bits per heavy atom. The van der Waals surface area contributed by atoms with E-state index < -0.39 is 6.09 Å². The highest BCUT2D eigenvalue weighted by Gasteiger charge is 2.02. The number of hydrogen-bond donors (Lipinski definition) is 1. The van der Waals surface area contributed by atoms with Crippen molar-refractivity contribution >= 4 is 6.09 Å². The molecule has 80 valence electrons. The summed E-state index contributed by atoms with van der Waals surface area (Å²) < 4.78 is 4.87. The Bertz CT molecular complexity index is 230. The van der Waals surface area contributed by atoms with Crippen LogP contribution in [-0.4, -0.2) is 44.3 Å². The van der Waals surface area contributed by atoms with Crippen molar-refractivity contribution in [1.82, 2.24) is 10.2 Å². The first-order valence-corrected chi connectivity index (χ1v) is 4.65. The van der Waals surface area contributed by atoms with Crippen molar-refractivity contribution in [3.8, 4) is 11.8 Å². The second-order valence-corrected chi connectivity index (χ2v) is 2.95. The van der Waals surface area contributed by atoms with Crippen LogP contribution in [0.4, 0.5) is 4.79 Å². The lowest BCUT2D eigenvalue weighted by atomic mass is 10.4. The molecular weight excluding hydrogens is 180 g/mol. The summed E-state index contributed by atoms with van der Waals surface area (Å²) in [5, 5.41) is 2.37. The molecule has 0 radical (unpaired) electrons. The molecule has 0 heterocycles. The maximum atomic E-state index is 10.8. The Labute approximate surface area is 85.6 Å². The minimum Gasteiger partial charge on any atom is -0.433 e. The van der Waals surface area contributed by atoms with Crippen molar-refractivity contribution in [2.45, 2.75) is 20.0 Å². The molecule has 0 aliphatic rings. The van der Waals surface area contributed by atoms with Gasteiger partial charge in [0.2, 0.25) is 0 Å². The molecule has 0 aliphatic carbocycles. The van der Waals surface area contributed by atoms with Gasteiger partial charge in [0, 0.05) is 7.05 Å². The number of rotatable bonds is 3. The maximum absolute atomic E-state index is 10.8. The summed E-state index contributed by atoms with van der Waals surface area (Å²) in [6.45, 7) is 5.46. The van der Waals surface area contributed by atoms with Gasteiger partial charge < -0.3 is 10.1 Å². The zero-order valence-corrected chi connectivity index (χ0v) is 9.26. The van der Waals surface area contributed by atoms with Crippen LogP contribution in [0.15, 0.2) is 0 Å². The zero-order chi connectivity index (χ0) is 11.0. The van der Waals surface area contributed by atoms with Gasteiger partial charge in [-0.05, 0) is 20.5 Å². The number of nitrogens with zero attached hydrogens (tertiary/aromatic N) is 1. The predicted octanol–water partition coefficient (Wildman–Crippen LogP) is 0.686. The Morgan fingerprint density at radius 1 is 1.64 bits per heavy atom. The average Bonchev–Trinajstić information content (AvgIpc) is 2.17. The maximum Gasteiger partial charge on any atom is 0.408 e. The van der Waals surface area contributed by atoms with Gasteiger partial charge in [-0.2, -0.15) is 0 Å². The quantitative estimate of drug-likeness (QED) is 0.678. The van der Waals surface area contributed by atoms with Crippen LogP contribution in [0.1, 0.15) is 13.8 Å². The highest BCUT2D eigenvalue weighted by atomic mass is 16.6. The molecule has 1 atom stereocenters. The van der Waals surface area contributed by atoms with E-state index in [0.717, 1.165) is 6.54 Å². The van der Waals surface area contributed by atoms with Crippen molar-refractivity contribution in [1.29, 1.82) is 0 Å². The van der Waals surface area contributed by atoms with Gasteiger partial charge in [-0.1, -0.05) is 18.8 Å². The van der Waals surface area contributed by atoms with E-state index in [9.17, 15) is 4.79 Å². The highest BCUT2D eigenvalue weighted by Crippen LogP contribution is 1.88. The lowest BCUT2D eigenvalue weighted by molar-refractivity contribution is 0.132. The number of amides is 1. The molecule has 0 aliphatic heterocycles. The van der Waals surface area contributed by atoms with E-state index in [1.165, 1.54) is 7.05 Å². The summed E-state index contributed by atoms with van der Waals surface area (Å²) in [6.07, 6.45) is -0.809. The van der Waals surface area contributed by atoms with Crippen molar-refractivity contribution in [3.63, 3.8) is 0 Å². The van der Waals surface area contributed by atoms with Gasteiger partial charge in [-0.3, -0.25) is 4.90 Å². The molecule has 4 nitrogen and oxygen atoms in total. The molecular formula is C10H18N2O2. The van der Waals surface area contributed by atoms with Crippen LogP contribution < -0.4 is 5.32 Å². The standard InChI is InChI=1S/C10H18N2O2/c1-5-12(4)8-6-7-9(2)14-10(13)11-3/h9H,5,8H2,1-4H3,(H,11,13). The van der Waals surface area contributed by atoms with Crippen LogP contribution >= 0.6 is 0 Å². The van der Waals surface area contributed by atoms with E-state index in [4.69, 9.17) is 4.74 Å². The first-order chi connectivity index (χ1) is 6.60. The average molecular weight is 198 g/mol. The molecule has 0 saturated heterocycles. The van der Waals surface area contributed by atoms with Gasteiger partial charge in [0.05, 0.1) is 6.54 Å². The van der Waals surface area contributed by atoms with E-state index >= 15 is 0 Å². The summed E-state index contributed by atoms with van der Waals surface area (Å²) in [5.74, 6) is 5.77. The van der Waals surface area contributed by atoms with Crippen LogP contribution in [0, 0.1) is 11.8 Å². The molecule has 0 aromatic heterocycles. The van der Waals surface area contributed by atoms with Crippen LogP contribution in [0.3, 0.4) is 0 Å². The van der Waals surface area contributed by atoms with Crippen LogP contribution in [0.5, 0.6) is 0 Å². The molecule has 0 spiro atoms. The van der Waals surface area contributed by atoms with Gasteiger partial charge in [-0.15, -0.1) is 0 Å². The Morgan fingerprint density at radius 2 is 2.29 bits per heavy atom. The minimum atomic E-state index is -0.448. The van der Waals surface area contributed by atoms with Gasteiger partial charge >= 0.3 is 6.09 Å². The molecule has 1 N–H and O–H groups in total. The molecule has 14 heavy (non-hydrogen) atoms. The van der Waals surface area contributed by atoms with E-state index in [1.807, 2.05) is 7.05 Å². The van der Waals surface area contributed by atoms with Crippen molar-refractivity contribution in [2.24, 2.45) is 0 Å². The van der Waals surface area contributed by atoms with Gasteiger partial charge in [0.25, 0.3) is 0 Å². The van der Waals surface area contributed by atoms with Crippen LogP contribution in [0.25, 0.3) is 0 Å². The second-order valence-electron chi connectivity index (χ2n) is 2.95. The van der Waals surface area contributed by atoms with E-state index in [0.29, 0.717) is 6.54 Å². The molecule has 0 fully saturated rings. The third kappa shape index (κ3) is 6.32. The largest absolute Gasteiger partial charge is 0.433 e. The normalized spacial score (nSPS) is 11.5. The Balaban J connectivity index is 3.80. The molecule has 0 aromatic rings. The highest BCUT2D eigenvalue weighted by molar-refractivity contribution is 5.67. The van der Waals surface area contributed by atoms with Crippen LogP contribution in [-0.2, 0) is 4.74 Å². The summed E-state index contributed by atoms with van der Waals surface area (Å²) in [4.78, 5) is 12.8. The first kappa shape index (κ1) is 12.8.